The molecule has 0 spiro atoms. The van der Waals surface area contributed by atoms with E-state index in [9.17, 15) is 18.0 Å². The molecular weight excluding hydrogens is 337 g/mol. The van der Waals surface area contributed by atoms with Crippen molar-refractivity contribution in [3.8, 4) is 0 Å². The highest BCUT2D eigenvalue weighted by atomic mass is 35.6. The summed E-state index contributed by atoms with van der Waals surface area (Å²) in [6, 6.07) is 2.38. The van der Waals surface area contributed by atoms with E-state index in [0.29, 0.717) is 6.07 Å². The summed E-state index contributed by atoms with van der Waals surface area (Å²) in [5, 5.41) is 1.78. The first-order valence-electron chi connectivity index (χ1n) is 4.27. The van der Waals surface area contributed by atoms with Crippen LogP contribution in [0, 0.1) is 0 Å². The van der Waals surface area contributed by atoms with Crippen molar-refractivity contribution in [1.82, 2.24) is 0 Å². The minimum Gasteiger partial charge on any atom is -0.321 e. The van der Waals surface area contributed by atoms with Crippen LogP contribution in [0.3, 0.4) is 0 Å². The third kappa shape index (κ3) is 4.09. The maximum absolute atomic E-state index is 12.3. The van der Waals surface area contributed by atoms with Crippen molar-refractivity contribution < 1.29 is 18.0 Å². The number of anilines is 1. The Morgan fingerprint density at radius 2 is 1.72 bits per heavy atom. The molecule has 100 valence electrons. The zero-order valence-corrected chi connectivity index (χ0v) is 11.3. The molecule has 0 saturated carbocycles. The van der Waals surface area contributed by atoms with Crippen molar-refractivity contribution in [1.29, 1.82) is 0 Å². The summed E-state index contributed by atoms with van der Waals surface area (Å²) >= 11 is 21.4. The standard InChI is InChI=1S/C9H4Cl4F3NO/c10-5-3-4(9(14,15)16)1-2-6(5)17-7(18)8(11,12)13/h1-3H,(H,17,18). The molecule has 0 radical (unpaired) electrons. The second-order valence-electron chi connectivity index (χ2n) is 3.14. The van der Waals surface area contributed by atoms with Crippen LogP contribution in [0.25, 0.3) is 0 Å². The van der Waals surface area contributed by atoms with Gasteiger partial charge >= 0.3 is 6.18 Å². The number of rotatable bonds is 1. The number of carbonyl (C=O) groups excluding carboxylic acids is 1. The van der Waals surface area contributed by atoms with Crippen LogP contribution in [0.1, 0.15) is 5.56 Å². The average molecular weight is 341 g/mol. The lowest BCUT2D eigenvalue weighted by Crippen LogP contribution is -2.27. The Hall–Kier alpha value is -0.360. The Balaban J connectivity index is 2.98. The molecule has 2 nitrogen and oxygen atoms in total. The molecule has 0 aromatic heterocycles. The highest BCUT2D eigenvalue weighted by molar-refractivity contribution is 6.76. The van der Waals surface area contributed by atoms with E-state index in [-0.39, 0.29) is 10.7 Å². The molecule has 0 bridgehead atoms. The van der Waals surface area contributed by atoms with Crippen molar-refractivity contribution in [3.05, 3.63) is 28.8 Å². The molecule has 0 aliphatic rings. The van der Waals surface area contributed by atoms with Crippen LogP contribution in [-0.2, 0) is 11.0 Å². The molecule has 0 aliphatic carbocycles. The van der Waals surface area contributed by atoms with Crippen LogP contribution in [0.5, 0.6) is 0 Å². The largest absolute Gasteiger partial charge is 0.416 e. The van der Waals surface area contributed by atoms with E-state index in [1.807, 2.05) is 0 Å². The van der Waals surface area contributed by atoms with Gasteiger partial charge in [-0.25, -0.2) is 0 Å². The molecule has 0 fully saturated rings. The number of benzene rings is 1. The second-order valence-corrected chi connectivity index (χ2v) is 5.83. The van der Waals surface area contributed by atoms with E-state index in [1.165, 1.54) is 0 Å². The van der Waals surface area contributed by atoms with Gasteiger partial charge in [0.15, 0.2) is 0 Å². The smallest absolute Gasteiger partial charge is 0.321 e. The topological polar surface area (TPSA) is 29.1 Å². The van der Waals surface area contributed by atoms with Gasteiger partial charge in [-0.2, -0.15) is 13.2 Å². The predicted octanol–water partition coefficient (Wildman–Crippen LogP) is 4.67. The van der Waals surface area contributed by atoms with Gasteiger partial charge in [0.2, 0.25) is 0 Å². The quantitative estimate of drug-likeness (QED) is 0.740. The monoisotopic (exact) mass is 339 g/mol. The molecule has 1 amide bonds. The van der Waals surface area contributed by atoms with E-state index in [4.69, 9.17) is 46.4 Å². The van der Waals surface area contributed by atoms with Crippen LogP contribution in [-0.4, -0.2) is 9.70 Å². The van der Waals surface area contributed by atoms with Crippen molar-refractivity contribution in [3.63, 3.8) is 0 Å². The van der Waals surface area contributed by atoms with E-state index >= 15 is 0 Å². The fourth-order valence-corrected chi connectivity index (χ4v) is 1.36. The molecule has 0 aliphatic heterocycles. The second kappa shape index (κ2) is 5.33. The summed E-state index contributed by atoms with van der Waals surface area (Å²) in [5.74, 6) is -1.02. The molecule has 9 heteroatoms. The molecule has 1 N–H and O–H groups in total. The van der Waals surface area contributed by atoms with Crippen LogP contribution in [0.4, 0.5) is 18.9 Å². The van der Waals surface area contributed by atoms with Crippen LogP contribution < -0.4 is 5.32 Å². The number of carbonyl (C=O) groups is 1. The minimum atomic E-state index is -4.53. The Labute approximate surface area is 120 Å². The van der Waals surface area contributed by atoms with Crippen molar-refractivity contribution in [2.24, 2.45) is 0 Å². The molecule has 0 atom stereocenters. The summed E-state index contributed by atoms with van der Waals surface area (Å²) in [7, 11) is 0. The summed E-state index contributed by atoms with van der Waals surface area (Å²) in [6.07, 6.45) is -4.53. The van der Waals surface area contributed by atoms with E-state index in [1.54, 1.807) is 0 Å². The predicted molar refractivity (Wildman–Crippen MR) is 65.4 cm³/mol. The van der Waals surface area contributed by atoms with Gasteiger partial charge in [-0.05, 0) is 18.2 Å². The number of amides is 1. The molecule has 0 saturated heterocycles. The van der Waals surface area contributed by atoms with Gasteiger partial charge in [-0.15, -0.1) is 0 Å². The van der Waals surface area contributed by atoms with Gasteiger partial charge in [-0.3, -0.25) is 4.79 Å². The lowest BCUT2D eigenvalue weighted by atomic mass is 10.2. The fraction of sp³-hybridized carbons (Fsp3) is 0.222. The normalized spacial score (nSPS) is 12.4. The van der Waals surface area contributed by atoms with E-state index < -0.39 is 21.4 Å². The summed E-state index contributed by atoms with van der Waals surface area (Å²) < 4.78 is 34.8. The first-order valence-corrected chi connectivity index (χ1v) is 5.78. The summed E-state index contributed by atoms with van der Waals surface area (Å²) in [5.41, 5.74) is -1.03. The van der Waals surface area contributed by atoms with Crippen molar-refractivity contribution >= 4 is 58.0 Å². The minimum absolute atomic E-state index is 0.0824. The number of hydrogen-bond donors (Lipinski definition) is 1. The number of alkyl halides is 6. The molecule has 1 aromatic rings. The van der Waals surface area contributed by atoms with Gasteiger partial charge in [0, 0.05) is 0 Å². The van der Waals surface area contributed by atoms with Gasteiger partial charge < -0.3 is 5.32 Å². The van der Waals surface area contributed by atoms with Crippen LogP contribution in [0.2, 0.25) is 5.02 Å². The number of nitrogens with one attached hydrogen (secondary N) is 1. The Morgan fingerprint density at radius 3 is 2.11 bits per heavy atom. The van der Waals surface area contributed by atoms with Gasteiger partial charge in [0.05, 0.1) is 16.3 Å². The molecule has 18 heavy (non-hydrogen) atoms. The van der Waals surface area contributed by atoms with E-state index in [2.05, 4.69) is 5.32 Å². The Bertz CT molecular complexity index is 470. The van der Waals surface area contributed by atoms with Gasteiger partial charge in [0.1, 0.15) is 0 Å². The molecule has 1 aromatic carbocycles. The fourth-order valence-electron chi connectivity index (χ4n) is 0.986. The Morgan fingerprint density at radius 1 is 1.17 bits per heavy atom. The Kier molecular flexibility index (Phi) is 4.65. The third-order valence-electron chi connectivity index (χ3n) is 1.80. The average Bonchev–Trinajstić information content (AvgIpc) is 2.17. The van der Waals surface area contributed by atoms with E-state index in [0.717, 1.165) is 12.1 Å². The molecule has 0 heterocycles. The zero-order chi connectivity index (χ0) is 14.1. The van der Waals surface area contributed by atoms with Gasteiger partial charge in [0.25, 0.3) is 9.70 Å². The zero-order valence-electron chi connectivity index (χ0n) is 8.29. The third-order valence-corrected chi connectivity index (χ3v) is 2.63. The highest BCUT2D eigenvalue weighted by Gasteiger charge is 2.33. The first-order chi connectivity index (χ1) is 8.01. The summed E-state index contributed by atoms with van der Waals surface area (Å²) in [6.45, 7) is 0. The van der Waals surface area contributed by atoms with Crippen molar-refractivity contribution in [2.45, 2.75) is 9.97 Å². The highest BCUT2D eigenvalue weighted by Crippen LogP contribution is 2.35. The molecule has 1 rings (SSSR count). The maximum Gasteiger partial charge on any atom is 0.416 e. The molecule has 0 unspecified atom stereocenters. The van der Waals surface area contributed by atoms with Crippen molar-refractivity contribution in [2.75, 3.05) is 5.32 Å². The SMILES string of the molecule is O=C(Nc1ccc(C(F)(F)F)cc1Cl)C(Cl)(Cl)Cl. The van der Waals surface area contributed by atoms with Crippen LogP contribution in [0.15, 0.2) is 18.2 Å². The first kappa shape index (κ1) is 15.7. The number of halogens is 7. The maximum atomic E-state index is 12.3. The lowest BCUT2D eigenvalue weighted by Gasteiger charge is -2.14. The van der Waals surface area contributed by atoms with Crippen LogP contribution >= 0.6 is 46.4 Å². The number of hydrogen-bond acceptors (Lipinski definition) is 1. The lowest BCUT2D eigenvalue weighted by molar-refractivity contribution is -0.137. The summed E-state index contributed by atoms with van der Waals surface area (Å²) in [4.78, 5) is 11.3. The van der Waals surface area contributed by atoms with Gasteiger partial charge in [-0.1, -0.05) is 46.4 Å². The molecular formula is C9H4Cl4F3NO.